The number of hydrogen-bond donors (Lipinski definition) is 1. The van der Waals surface area contributed by atoms with Crippen molar-refractivity contribution in [3.8, 4) is 5.69 Å². The number of fused-ring (bicyclic) bond motifs is 1. The number of pyridine rings is 1. The van der Waals surface area contributed by atoms with E-state index in [1.54, 1.807) is 0 Å². The molecule has 0 spiro atoms. The number of rotatable bonds is 4. The van der Waals surface area contributed by atoms with Gasteiger partial charge in [0.05, 0.1) is 15.8 Å². The lowest BCUT2D eigenvalue weighted by atomic mass is 10.1. The fourth-order valence-electron chi connectivity index (χ4n) is 3.76. The van der Waals surface area contributed by atoms with Crippen LogP contribution >= 0.6 is 0 Å². The van der Waals surface area contributed by atoms with E-state index in [4.69, 9.17) is 0 Å². The van der Waals surface area contributed by atoms with Gasteiger partial charge >= 0.3 is 5.97 Å². The van der Waals surface area contributed by atoms with E-state index in [1.807, 2.05) is 11.9 Å². The molecule has 31 heavy (non-hydrogen) atoms. The molecule has 0 atom stereocenters. The molecule has 0 aliphatic carbocycles. The lowest BCUT2D eigenvalue weighted by Gasteiger charge is -2.33. The Morgan fingerprint density at radius 3 is 2.35 bits per heavy atom. The fraction of sp³-hybridized carbons (Fsp3) is 0.238. The maximum Gasteiger partial charge on any atom is 0.341 e. The molecule has 1 aliphatic rings. The van der Waals surface area contributed by atoms with Crippen molar-refractivity contribution >= 4 is 28.2 Å². The zero-order valence-electron chi connectivity index (χ0n) is 16.6. The molecule has 9 nitrogen and oxygen atoms in total. The summed E-state index contributed by atoms with van der Waals surface area (Å²) in [4.78, 5) is 39.7. The lowest BCUT2D eigenvalue weighted by molar-refractivity contribution is -0.384. The van der Waals surface area contributed by atoms with E-state index < -0.39 is 27.7 Å². The molecule has 0 amide bonds. The van der Waals surface area contributed by atoms with E-state index in [9.17, 15) is 29.2 Å². The van der Waals surface area contributed by atoms with E-state index in [1.165, 1.54) is 41.1 Å². The Hall–Kier alpha value is -3.79. The first kappa shape index (κ1) is 20.5. The third kappa shape index (κ3) is 3.73. The van der Waals surface area contributed by atoms with Crippen LogP contribution in [0.25, 0.3) is 16.6 Å². The number of halogens is 1. The van der Waals surface area contributed by atoms with Crippen molar-refractivity contribution < 1.29 is 19.2 Å². The van der Waals surface area contributed by atoms with Crippen molar-refractivity contribution in [2.24, 2.45) is 0 Å². The van der Waals surface area contributed by atoms with Gasteiger partial charge in [-0.1, -0.05) is 0 Å². The molecule has 1 aliphatic heterocycles. The number of hydrogen-bond acceptors (Lipinski definition) is 6. The van der Waals surface area contributed by atoms with Gasteiger partial charge in [-0.2, -0.15) is 0 Å². The van der Waals surface area contributed by atoms with E-state index in [2.05, 4.69) is 4.90 Å². The summed E-state index contributed by atoms with van der Waals surface area (Å²) < 4.78 is 14.9. The first-order valence-electron chi connectivity index (χ1n) is 9.57. The largest absolute Gasteiger partial charge is 0.477 e. The summed E-state index contributed by atoms with van der Waals surface area (Å²) in [5, 5.41) is 21.2. The minimum atomic E-state index is -1.45. The molecule has 1 N–H and O–H groups in total. The van der Waals surface area contributed by atoms with Gasteiger partial charge in [0.2, 0.25) is 5.43 Å². The number of carboxylic acids is 1. The standard InChI is InChI=1S/C21H19FN4O5/c1-23-6-8-24(9-7-23)18-11-17-15(10-19(18)26(30)31)20(27)16(21(28)29)12-25(17)14-4-2-13(22)3-5-14/h2-5,10-12H,6-9H2,1H3,(H,28,29). The van der Waals surface area contributed by atoms with Crippen LogP contribution in [-0.2, 0) is 0 Å². The van der Waals surface area contributed by atoms with Crippen LogP contribution in [0.1, 0.15) is 10.4 Å². The second kappa shape index (κ2) is 7.80. The van der Waals surface area contributed by atoms with Crippen molar-refractivity contribution in [3.05, 3.63) is 74.3 Å². The molecule has 1 saturated heterocycles. The topological polar surface area (TPSA) is 109 Å². The molecule has 0 radical (unpaired) electrons. The maximum absolute atomic E-state index is 13.4. The highest BCUT2D eigenvalue weighted by molar-refractivity contribution is 5.96. The monoisotopic (exact) mass is 426 g/mol. The van der Waals surface area contributed by atoms with Crippen molar-refractivity contribution in [2.75, 3.05) is 38.1 Å². The molecule has 3 aromatic rings. The molecule has 4 rings (SSSR count). The number of piperazine rings is 1. The predicted octanol–water partition coefficient (Wildman–Crippen LogP) is 2.49. The summed E-state index contributed by atoms with van der Waals surface area (Å²) in [5.41, 5.74) is -0.521. The summed E-state index contributed by atoms with van der Waals surface area (Å²) in [5.74, 6) is -1.92. The minimum Gasteiger partial charge on any atom is -0.477 e. The van der Waals surface area contributed by atoms with Crippen LogP contribution < -0.4 is 10.3 Å². The zero-order chi connectivity index (χ0) is 22.3. The molecule has 2 aromatic carbocycles. The Bertz CT molecular complexity index is 1250. The Morgan fingerprint density at radius 1 is 1.13 bits per heavy atom. The highest BCUT2D eigenvalue weighted by atomic mass is 19.1. The summed E-state index contributed by atoms with van der Waals surface area (Å²) >= 11 is 0. The minimum absolute atomic E-state index is 0.0891. The van der Waals surface area contributed by atoms with Gasteiger partial charge in [-0.05, 0) is 37.4 Å². The maximum atomic E-state index is 13.4. The number of anilines is 1. The zero-order valence-corrected chi connectivity index (χ0v) is 16.6. The van der Waals surface area contributed by atoms with Crippen molar-refractivity contribution in [1.29, 1.82) is 0 Å². The summed E-state index contributed by atoms with van der Waals surface area (Å²) in [6.07, 6.45) is 1.17. The molecule has 1 fully saturated rings. The Balaban J connectivity index is 2.03. The van der Waals surface area contributed by atoms with E-state index in [-0.39, 0.29) is 11.1 Å². The van der Waals surface area contributed by atoms with Gasteiger partial charge in [-0.25, -0.2) is 9.18 Å². The van der Waals surface area contributed by atoms with Gasteiger partial charge < -0.3 is 19.5 Å². The quantitative estimate of drug-likeness (QED) is 0.504. The van der Waals surface area contributed by atoms with Crippen LogP contribution in [0.15, 0.2) is 47.4 Å². The number of aromatic carboxylic acids is 1. The van der Waals surface area contributed by atoms with Crippen LogP contribution in [0.5, 0.6) is 0 Å². The highest BCUT2D eigenvalue weighted by Gasteiger charge is 2.26. The molecule has 0 bridgehead atoms. The van der Waals surface area contributed by atoms with Crippen LogP contribution in [0.2, 0.25) is 0 Å². The predicted molar refractivity (Wildman–Crippen MR) is 113 cm³/mol. The normalized spacial score (nSPS) is 14.7. The second-order valence-corrected chi connectivity index (χ2v) is 7.43. The molecule has 160 valence electrons. The SMILES string of the molecule is CN1CCN(c2cc3c(cc2[N+](=O)[O-])c(=O)c(C(=O)O)cn3-c2ccc(F)cc2)CC1. The van der Waals surface area contributed by atoms with Gasteiger partial charge in [-0.15, -0.1) is 0 Å². The van der Waals surface area contributed by atoms with Crippen molar-refractivity contribution in [3.63, 3.8) is 0 Å². The van der Waals surface area contributed by atoms with Crippen LogP contribution in [0.3, 0.4) is 0 Å². The number of carbonyl (C=O) groups is 1. The summed E-state index contributed by atoms with van der Waals surface area (Å²) in [7, 11) is 1.96. The number of nitro benzene ring substituents is 1. The van der Waals surface area contributed by atoms with E-state index in [0.29, 0.717) is 30.0 Å². The third-order valence-corrected chi connectivity index (χ3v) is 5.48. The number of nitro groups is 1. The molecule has 0 saturated carbocycles. The molecule has 2 heterocycles. The number of benzene rings is 2. The van der Waals surface area contributed by atoms with Crippen molar-refractivity contribution in [2.45, 2.75) is 0 Å². The van der Waals surface area contributed by atoms with E-state index >= 15 is 0 Å². The van der Waals surface area contributed by atoms with Gasteiger partial charge in [0.1, 0.15) is 17.1 Å². The number of nitrogens with zero attached hydrogens (tertiary/aromatic N) is 4. The molecule has 10 heteroatoms. The second-order valence-electron chi connectivity index (χ2n) is 7.43. The van der Waals surface area contributed by atoms with Crippen LogP contribution in [0, 0.1) is 15.9 Å². The number of aromatic nitrogens is 1. The first-order valence-corrected chi connectivity index (χ1v) is 9.57. The number of carboxylic acid groups (broad SMARTS) is 1. The first-order chi connectivity index (χ1) is 14.8. The van der Waals surface area contributed by atoms with Gasteiger partial charge in [-0.3, -0.25) is 14.9 Å². The Morgan fingerprint density at radius 2 is 1.77 bits per heavy atom. The third-order valence-electron chi connectivity index (χ3n) is 5.48. The average molecular weight is 426 g/mol. The van der Waals surface area contributed by atoms with Gasteiger partial charge in [0.15, 0.2) is 0 Å². The molecular formula is C21H19FN4O5. The number of likely N-dealkylation sites (N-methyl/N-ethyl adjacent to an activating group) is 1. The fourth-order valence-corrected chi connectivity index (χ4v) is 3.76. The molecular weight excluding hydrogens is 407 g/mol. The Kier molecular flexibility index (Phi) is 5.15. The van der Waals surface area contributed by atoms with E-state index in [0.717, 1.165) is 19.2 Å². The summed E-state index contributed by atoms with van der Waals surface area (Å²) in [6.45, 7) is 2.57. The molecule has 1 aromatic heterocycles. The van der Waals surface area contributed by atoms with Gasteiger partial charge in [0.25, 0.3) is 5.69 Å². The van der Waals surface area contributed by atoms with Crippen molar-refractivity contribution in [1.82, 2.24) is 9.47 Å². The smallest absolute Gasteiger partial charge is 0.341 e. The highest BCUT2D eigenvalue weighted by Crippen LogP contribution is 2.34. The Labute approximate surface area is 175 Å². The average Bonchev–Trinajstić information content (AvgIpc) is 2.74. The van der Waals surface area contributed by atoms with Gasteiger partial charge in [0, 0.05) is 44.1 Å². The summed E-state index contributed by atoms with van der Waals surface area (Å²) in [6, 6.07) is 8.00. The lowest BCUT2D eigenvalue weighted by Crippen LogP contribution is -2.44. The molecule has 0 unspecified atom stereocenters. The van der Waals surface area contributed by atoms with Crippen LogP contribution in [0.4, 0.5) is 15.8 Å². The van der Waals surface area contributed by atoms with Crippen LogP contribution in [-0.4, -0.2) is 58.7 Å².